The lowest BCUT2D eigenvalue weighted by Crippen LogP contribution is -2.51. The second kappa shape index (κ2) is 7.99. The van der Waals surface area contributed by atoms with Crippen molar-refractivity contribution < 1.29 is 19.0 Å². The molecule has 29 heavy (non-hydrogen) atoms. The van der Waals surface area contributed by atoms with Gasteiger partial charge in [0.1, 0.15) is 18.2 Å². The number of rotatable bonds is 6. The number of carbonyl (C=O) groups is 1. The number of nitrogens with zero attached hydrogens (tertiary/aromatic N) is 1. The van der Waals surface area contributed by atoms with Gasteiger partial charge in [0.25, 0.3) is 0 Å². The van der Waals surface area contributed by atoms with Crippen LogP contribution in [0.4, 0.5) is 4.39 Å². The number of ether oxygens (including phenoxy) is 1. The molecule has 2 aliphatic rings. The van der Waals surface area contributed by atoms with Gasteiger partial charge < -0.3 is 9.84 Å². The van der Waals surface area contributed by atoms with E-state index in [1.165, 1.54) is 5.56 Å². The van der Waals surface area contributed by atoms with Gasteiger partial charge in [-0.25, -0.2) is 4.39 Å². The van der Waals surface area contributed by atoms with Crippen LogP contribution in [0.2, 0.25) is 0 Å². The minimum absolute atomic E-state index is 0.293. The third-order valence-corrected chi connectivity index (χ3v) is 5.52. The van der Waals surface area contributed by atoms with Gasteiger partial charge in [-0.3, -0.25) is 9.69 Å². The van der Waals surface area contributed by atoms with E-state index in [-0.39, 0.29) is 11.7 Å². The van der Waals surface area contributed by atoms with Gasteiger partial charge in [0.15, 0.2) is 0 Å². The van der Waals surface area contributed by atoms with Crippen LogP contribution in [-0.2, 0) is 11.2 Å². The number of carboxylic acids is 1. The van der Waals surface area contributed by atoms with Crippen molar-refractivity contribution in [3.63, 3.8) is 0 Å². The minimum Gasteiger partial charge on any atom is -0.488 e. The van der Waals surface area contributed by atoms with Crippen molar-refractivity contribution in [2.75, 3.05) is 26.2 Å². The Hall–Kier alpha value is -2.66. The third kappa shape index (κ3) is 4.35. The number of likely N-dealkylation sites (tertiary alicyclic amines) is 1. The fourth-order valence-corrected chi connectivity index (χ4v) is 3.97. The van der Waals surface area contributed by atoms with Crippen LogP contribution in [0.25, 0.3) is 17.2 Å². The molecule has 2 heterocycles. The van der Waals surface area contributed by atoms with Gasteiger partial charge in [-0.1, -0.05) is 38.1 Å². The summed E-state index contributed by atoms with van der Waals surface area (Å²) in [5.74, 6) is -0.187. The van der Waals surface area contributed by atoms with Gasteiger partial charge >= 0.3 is 5.97 Å². The second-order valence-corrected chi connectivity index (χ2v) is 8.49. The smallest absolute Gasteiger partial charge is 0.309 e. The molecule has 0 saturated carbocycles. The summed E-state index contributed by atoms with van der Waals surface area (Å²) in [6.07, 6.45) is 2.87. The maximum atomic E-state index is 14.8. The van der Waals surface area contributed by atoms with E-state index in [1.807, 2.05) is 29.2 Å². The van der Waals surface area contributed by atoms with Crippen LogP contribution in [0.3, 0.4) is 0 Å². The fourth-order valence-electron chi connectivity index (χ4n) is 3.97. The number of benzene rings is 2. The zero-order chi connectivity index (χ0) is 20.5. The lowest BCUT2D eigenvalue weighted by atomic mass is 9.96. The summed E-state index contributed by atoms with van der Waals surface area (Å²) in [7, 11) is 0. The Balaban J connectivity index is 1.49. The molecule has 2 aromatic rings. The quantitative estimate of drug-likeness (QED) is 0.783. The summed E-state index contributed by atoms with van der Waals surface area (Å²) in [6, 6.07) is 11.7. The molecule has 0 radical (unpaired) electrons. The zero-order valence-corrected chi connectivity index (χ0v) is 16.8. The Labute approximate surface area is 170 Å². The largest absolute Gasteiger partial charge is 0.488 e. The van der Waals surface area contributed by atoms with Crippen molar-refractivity contribution in [2.24, 2.45) is 11.8 Å². The molecular formula is C24H26FNO3. The zero-order valence-electron chi connectivity index (χ0n) is 16.8. The lowest BCUT2D eigenvalue weighted by molar-refractivity contribution is -0.147. The Bertz CT molecular complexity index is 943. The molecule has 2 aliphatic heterocycles. The van der Waals surface area contributed by atoms with Gasteiger partial charge in [-0.2, -0.15) is 0 Å². The van der Waals surface area contributed by atoms with E-state index in [0.717, 1.165) is 23.1 Å². The molecule has 0 aromatic heterocycles. The average molecular weight is 395 g/mol. The average Bonchev–Trinajstić information content (AvgIpc) is 2.64. The van der Waals surface area contributed by atoms with Crippen LogP contribution in [0.15, 0.2) is 42.0 Å². The molecule has 0 spiro atoms. The SMILES string of the molecule is CC(C)Cc1ccc(-c2cc(F)c3c(c2)OCC(CN2CC(C(=O)O)C2)=C3)cc1. The molecule has 4 nitrogen and oxygen atoms in total. The van der Waals surface area contributed by atoms with E-state index in [1.54, 1.807) is 6.07 Å². The van der Waals surface area contributed by atoms with Gasteiger partial charge in [0, 0.05) is 19.6 Å². The highest BCUT2D eigenvalue weighted by molar-refractivity contribution is 5.73. The highest BCUT2D eigenvalue weighted by Crippen LogP contribution is 2.34. The van der Waals surface area contributed by atoms with Gasteiger partial charge in [-0.05, 0) is 52.8 Å². The van der Waals surface area contributed by atoms with Crippen molar-refractivity contribution in [1.82, 2.24) is 4.90 Å². The molecule has 1 saturated heterocycles. The number of halogens is 1. The maximum Gasteiger partial charge on any atom is 0.309 e. The van der Waals surface area contributed by atoms with Crippen molar-refractivity contribution in [3.05, 3.63) is 58.9 Å². The topological polar surface area (TPSA) is 49.8 Å². The predicted molar refractivity (Wildman–Crippen MR) is 111 cm³/mol. The van der Waals surface area contributed by atoms with E-state index in [9.17, 15) is 9.18 Å². The first-order valence-electron chi connectivity index (χ1n) is 10.1. The summed E-state index contributed by atoms with van der Waals surface area (Å²) in [5, 5.41) is 8.98. The number of aliphatic carboxylic acids is 1. The first kappa shape index (κ1) is 19.6. The molecule has 0 bridgehead atoms. The summed E-state index contributed by atoms with van der Waals surface area (Å²) in [5.41, 5.74) is 4.49. The standard InChI is InChI=1S/C24H26FNO3/c1-15(2)7-16-3-5-18(6-4-16)19-9-22(25)21-8-17(14-29-23(21)10-19)11-26-12-20(13-26)24(27)28/h3-6,8-10,15,20H,7,11-14H2,1-2H3,(H,27,28). The molecule has 2 aromatic carbocycles. The summed E-state index contributed by atoms with van der Waals surface area (Å²) < 4.78 is 20.7. The number of fused-ring (bicyclic) bond motifs is 1. The van der Waals surface area contributed by atoms with E-state index in [2.05, 4.69) is 26.0 Å². The summed E-state index contributed by atoms with van der Waals surface area (Å²) in [6.45, 7) is 6.47. The van der Waals surface area contributed by atoms with E-state index < -0.39 is 5.97 Å². The first-order chi connectivity index (χ1) is 13.9. The van der Waals surface area contributed by atoms with Gasteiger partial charge in [-0.15, -0.1) is 0 Å². The summed E-state index contributed by atoms with van der Waals surface area (Å²) >= 11 is 0. The molecule has 0 amide bonds. The molecule has 0 aliphatic carbocycles. The number of carboxylic acid groups (broad SMARTS) is 1. The van der Waals surface area contributed by atoms with E-state index in [4.69, 9.17) is 9.84 Å². The van der Waals surface area contributed by atoms with Crippen LogP contribution >= 0.6 is 0 Å². The Morgan fingerprint density at radius 1 is 1.21 bits per heavy atom. The third-order valence-electron chi connectivity index (χ3n) is 5.52. The Kier molecular flexibility index (Phi) is 5.41. The Morgan fingerprint density at radius 3 is 2.59 bits per heavy atom. The van der Waals surface area contributed by atoms with Gasteiger partial charge in [0.2, 0.25) is 0 Å². The molecule has 1 N–H and O–H groups in total. The Morgan fingerprint density at radius 2 is 1.93 bits per heavy atom. The highest BCUT2D eigenvalue weighted by atomic mass is 19.1. The number of hydrogen-bond donors (Lipinski definition) is 1. The molecular weight excluding hydrogens is 369 g/mol. The normalized spacial score (nSPS) is 16.8. The molecule has 5 heteroatoms. The first-order valence-corrected chi connectivity index (χ1v) is 10.1. The second-order valence-electron chi connectivity index (χ2n) is 8.49. The van der Waals surface area contributed by atoms with Crippen LogP contribution in [0, 0.1) is 17.7 Å². The monoisotopic (exact) mass is 395 g/mol. The summed E-state index contributed by atoms with van der Waals surface area (Å²) in [4.78, 5) is 13.0. The van der Waals surface area contributed by atoms with Gasteiger partial charge in [0.05, 0.1) is 11.5 Å². The predicted octanol–water partition coefficient (Wildman–Crippen LogP) is 4.48. The number of hydrogen-bond acceptors (Lipinski definition) is 3. The fraction of sp³-hybridized carbons (Fsp3) is 0.375. The highest BCUT2D eigenvalue weighted by Gasteiger charge is 2.33. The molecule has 0 atom stereocenters. The van der Waals surface area contributed by atoms with Crippen molar-refractivity contribution >= 4 is 12.0 Å². The minimum atomic E-state index is -0.753. The van der Waals surface area contributed by atoms with E-state index in [0.29, 0.717) is 43.5 Å². The molecule has 152 valence electrons. The lowest BCUT2D eigenvalue weighted by Gasteiger charge is -2.37. The van der Waals surface area contributed by atoms with Crippen LogP contribution in [0.1, 0.15) is 25.0 Å². The van der Waals surface area contributed by atoms with E-state index >= 15 is 0 Å². The van der Waals surface area contributed by atoms with Crippen LogP contribution in [0.5, 0.6) is 5.75 Å². The van der Waals surface area contributed by atoms with Crippen LogP contribution < -0.4 is 4.74 Å². The molecule has 1 fully saturated rings. The van der Waals surface area contributed by atoms with Crippen molar-refractivity contribution in [3.8, 4) is 16.9 Å². The van der Waals surface area contributed by atoms with Crippen molar-refractivity contribution in [2.45, 2.75) is 20.3 Å². The maximum absolute atomic E-state index is 14.8. The van der Waals surface area contributed by atoms with Crippen molar-refractivity contribution in [1.29, 1.82) is 0 Å². The van der Waals surface area contributed by atoms with Crippen LogP contribution in [-0.4, -0.2) is 42.2 Å². The molecule has 0 unspecified atom stereocenters. The molecule has 4 rings (SSSR count).